The third kappa shape index (κ3) is 3.82. The van der Waals surface area contributed by atoms with Crippen LogP contribution in [-0.2, 0) is 12.3 Å². The molecule has 18 heavy (non-hydrogen) atoms. The van der Waals surface area contributed by atoms with Gasteiger partial charge in [-0.3, -0.25) is 0 Å². The van der Waals surface area contributed by atoms with Gasteiger partial charge in [-0.05, 0) is 26.1 Å². The lowest BCUT2D eigenvalue weighted by atomic mass is 10.2. The van der Waals surface area contributed by atoms with E-state index in [-0.39, 0.29) is 0 Å². The zero-order chi connectivity index (χ0) is 12.8. The second-order valence-electron chi connectivity index (χ2n) is 4.14. The van der Waals surface area contributed by atoms with Crippen LogP contribution in [0.2, 0.25) is 0 Å². The lowest BCUT2D eigenvalue weighted by Gasteiger charge is -2.03. The molecule has 0 saturated carbocycles. The largest absolute Gasteiger partial charge is 0.316 e. The van der Waals surface area contributed by atoms with Crippen molar-refractivity contribution in [3.63, 3.8) is 0 Å². The summed E-state index contributed by atoms with van der Waals surface area (Å²) in [4.78, 5) is 9.97. The maximum atomic E-state index is 4.36. The molecule has 0 spiro atoms. The van der Waals surface area contributed by atoms with E-state index in [9.17, 15) is 0 Å². The van der Waals surface area contributed by atoms with Gasteiger partial charge in [-0.1, -0.05) is 17.7 Å². The van der Waals surface area contributed by atoms with E-state index in [1.54, 1.807) is 11.8 Å². The summed E-state index contributed by atoms with van der Waals surface area (Å²) in [7, 11) is 1.92. The van der Waals surface area contributed by atoms with Gasteiger partial charge in [0.25, 0.3) is 0 Å². The van der Waals surface area contributed by atoms with Crippen molar-refractivity contribution in [3.05, 3.63) is 53.6 Å². The van der Waals surface area contributed by atoms with E-state index in [1.165, 1.54) is 10.5 Å². The van der Waals surface area contributed by atoms with Crippen LogP contribution in [0.3, 0.4) is 0 Å². The van der Waals surface area contributed by atoms with Gasteiger partial charge in [-0.25, -0.2) is 9.97 Å². The van der Waals surface area contributed by atoms with Crippen molar-refractivity contribution in [2.24, 2.45) is 0 Å². The van der Waals surface area contributed by atoms with E-state index < -0.39 is 0 Å². The van der Waals surface area contributed by atoms with Crippen molar-refractivity contribution < 1.29 is 0 Å². The van der Waals surface area contributed by atoms with Gasteiger partial charge in [-0.2, -0.15) is 0 Å². The van der Waals surface area contributed by atoms with E-state index >= 15 is 0 Å². The van der Waals surface area contributed by atoms with Gasteiger partial charge in [0.1, 0.15) is 5.82 Å². The standard InChI is InChI=1S/C14H17N3S/c1-11-3-5-13(6-4-11)18-10-14-16-8-12(7-15-2)9-17-14/h3-6,8-9,15H,7,10H2,1-2H3. The Balaban J connectivity index is 1.91. The van der Waals surface area contributed by atoms with Gasteiger partial charge in [0.2, 0.25) is 0 Å². The first-order valence-corrected chi connectivity index (χ1v) is 6.90. The van der Waals surface area contributed by atoms with Crippen LogP contribution in [0, 0.1) is 6.92 Å². The highest BCUT2D eigenvalue weighted by Crippen LogP contribution is 2.21. The zero-order valence-corrected chi connectivity index (χ0v) is 11.5. The molecular weight excluding hydrogens is 242 g/mol. The second-order valence-corrected chi connectivity index (χ2v) is 5.19. The topological polar surface area (TPSA) is 37.8 Å². The molecular formula is C14H17N3S. The van der Waals surface area contributed by atoms with E-state index in [0.29, 0.717) is 0 Å². The van der Waals surface area contributed by atoms with Crippen molar-refractivity contribution >= 4 is 11.8 Å². The number of nitrogens with one attached hydrogen (secondary N) is 1. The Kier molecular flexibility index (Phi) is 4.73. The molecule has 3 nitrogen and oxygen atoms in total. The first-order valence-electron chi connectivity index (χ1n) is 5.92. The number of aromatic nitrogens is 2. The predicted octanol–water partition coefficient (Wildman–Crippen LogP) is 2.80. The SMILES string of the molecule is CNCc1cnc(CSc2ccc(C)cc2)nc1. The molecule has 0 saturated heterocycles. The molecule has 2 rings (SSSR count). The summed E-state index contributed by atoms with van der Waals surface area (Å²) in [5.74, 6) is 1.68. The number of aryl methyl sites for hydroxylation is 1. The van der Waals surface area contributed by atoms with E-state index in [4.69, 9.17) is 0 Å². The molecule has 0 aliphatic rings. The fourth-order valence-electron chi connectivity index (χ4n) is 1.53. The smallest absolute Gasteiger partial charge is 0.138 e. The van der Waals surface area contributed by atoms with Crippen LogP contribution in [0.25, 0.3) is 0 Å². The average molecular weight is 259 g/mol. The maximum Gasteiger partial charge on any atom is 0.138 e. The van der Waals surface area contributed by atoms with Crippen LogP contribution in [-0.4, -0.2) is 17.0 Å². The third-order valence-corrected chi connectivity index (χ3v) is 3.54. The first kappa shape index (κ1) is 13.1. The number of benzene rings is 1. The van der Waals surface area contributed by atoms with Gasteiger partial charge >= 0.3 is 0 Å². The molecule has 0 radical (unpaired) electrons. The lowest BCUT2D eigenvalue weighted by Crippen LogP contribution is -2.06. The molecule has 0 unspecified atom stereocenters. The number of thioether (sulfide) groups is 1. The Hall–Kier alpha value is -1.39. The summed E-state index contributed by atoms with van der Waals surface area (Å²) in [6, 6.07) is 8.52. The van der Waals surface area contributed by atoms with Crippen LogP contribution in [0.1, 0.15) is 17.0 Å². The Bertz CT molecular complexity index is 479. The molecule has 1 heterocycles. The van der Waals surface area contributed by atoms with Crippen molar-refractivity contribution in [1.29, 1.82) is 0 Å². The zero-order valence-electron chi connectivity index (χ0n) is 10.7. The molecule has 0 atom stereocenters. The van der Waals surface area contributed by atoms with Gasteiger partial charge in [0.05, 0.1) is 5.75 Å². The summed E-state index contributed by atoms with van der Waals surface area (Å²) < 4.78 is 0. The minimum Gasteiger partial charge on any atom is -0.316 e. The van der Waals surface area contributed by atoms with Crippen LogP contribution in [0.5, 0.6) is 0 Å². The summed E-state index contributed by atoms with van der Waals surface area (Å²) in [6.07, 6.45) is 3.77. The van der Waals surface area contributed by atoms with Crippen LogP contribution < -0.4 is 5.32 Å². The van der Waals surface area contributed by atoms with Crippen LogP contribution >= 0.6 is 11.8 Å². The molecule has 1 aromatic heterocycles. The second kappa shape index (κ2) is 6.52. The van der Waals surface area contributed by atoms with E-state index in [1.807, 2.05) is 19.4 Å². The molecule has 0 fully saturated rings. The van der Waals surface area contributed by atoms with Crippen molar-refractivity contribution in [3.8, 4) is 0 Å². The van der Waals surface area contributed by atoms with Crippen molar-refractivity contribution in [1.82, 2.24) is 15.3 Å². The molecule has 1 N–H and O–H groups in total. The summed E-state index contributed by atoms with van der Waals surface area (Å²) in [5.41, 5.74) is 2.40. The normalized spacial score (nSPS) is 10.6. The fourth-order valence-corrected chi connectivity index (χ4v) is 2.31. The third-order valence-electron chi connectivity index (χ3n) is 2.53. The van der Waals surface area contributed by atoms with Gasteiger partial charge in [-0.15, -0.1) is 11.8 Å². The Morgan fingerprint density at radius 3 is 2.39 bits per heavy atom. The predicted molar refractivity (Wildman–Crippen MR) is 75.5 cm³/mol. The van der Waals surface area contributed by atoms with Crippen molar-refractivity contribution in [2.75, 3.05) is 7.05 Å². The molecule has 0 aliphatic carbocycles. The number of nitrogens with zero attached hydrogens (tertiary/aromatic N) is 2. The summed E-state index contributed by atoms with van der Waals surface area (Å²) in [5, 5.41) is 3.08. The molecule has 0 amide bonds. The lowest BCUT2D eigenvalue weighted by molar-refractivity contribution is 0.801. The Labute approximate surface area is 112 Å². The van der Waals surface area contributed by atoms with Crippen LogP contribution in [0.4, 0.5) is 0 Å². The minimum atomic E-state index is 0.808. The van der Waals surface area contributed by atoms with Gasteiger partial charge in [0.15, 0.2) is 0 Å². The summed E-state index contributed by atoms with van der Waals surface area (Å²) in [6.45, 7) is 2.91. The number of rotatable bonds is 5. The van der Waals surface area contributed by atoms with Crippen molar-refractivity contribution in [2.45, 2.75) is 24.1 Å². The molecule has 2 aromatic rings. The number of hydrogen-bond donors (Lipinski definition) is 1. The quantitative estimate of drug-likeness (QED) is 0.838. The fraction of sp³-hybridized carbons (Fsp3) is 0.286. The number of hydrogen-bond acceptors (Lipinski definition) is 4. The molecule has 1 aromatic carbocycles. The molecule has 0 aliphatic heterocycles. The first-order chi connectivity index (χ1) is 8.78. The van der Waals surface area contributed by atoms with Gasteiger partial charge < -0.3 is 5.32 Å². The Morgan fingerprint density at radius 1 is 1.11 bits per heavy atom. The Morgan fingerprint density at radius 2 is 1.78 bits per heavy atom. The molecule has 4 heteroatoms. The highest BCUT2D eigenvalue weighted by atomic mass is 32.2. The molecule has 0 bridgehead atoms. The highest BCUT2D eigenvalue weighted by molar-refractivity contribution is 7.98. The molecule has 94 valence electrons. The highest BCUT2D eigenvalue weighted by Gasteiger charge is 1.99. The van der Waals surface area contributed by atoms with Gasteiger partial charge in [0, 0.05) is 29.4 Å². The summed E-state index contributed by atoms with van der Waals surface area (Å²) >= 11 is 1.76. The minimum absolute atomic E-state index is 0.808. The van der Waals surface area contributed by atoms with Crippen LogP contribution in [0.15, 0.2) is 41.6 Å². The van der Waals surface area contributed by atoms with E-state index in [0.717, 1.165) is 23.7 Å². The van der Waals surface area contributed by atoms with E-state index in [2.05, 4.69) is 46.5 Å². The maximum absolute atomic E-state index is 4.36. The average Bonchev–Trinajstić information content (AvgIpc) is 2.40. The monoisotopic (exact) mass is 259 g/mol.